The molecule has 10 heavy (non-hydrogen) atoms. The SMILES string of the molecule is NC[C@H](O)CCC(F)(F)F. The number of hydrogen-bond acceptors (Lipinski definition) is 2. The van der Waals surface area contributed by atoms with E-state index in [1.807, 2.05) is 0 Å². The van der Waals surface area contributed by atoms with Crippen LogP contribution in [-0.4, -0.2) is 23.9 Å². The summed E-state index contributed by atoms with van der Waals surface area (Å²) in [5, 5.41) is 8.60. The maximum atomic E-state index is 11.4. The number of halogens is 3. The van der Waals surface area contributed by atoms with Crippen LogP contribution in [-0.2, 0) is 0 Å². The van der Waals surface area contributed by atoms with Crippen LogP contribution in [0.25, 0.3) is 0 Å². The average molecular weight is 157 g/mol. The first-order valence-corrected chi connectivity index (χ1v) is 2.90. The van der Waals surface area contributed by atoms with Crippen molar-refractivity contribution in [2.24, 2.45) is 5.73 Å². The topological polar surface area (TPSA) is 46.2 Å². The summed E-state index contributed by atoms with van der Waals surface area (Å²) >= 11 is 0. The molecule has 0 heterocycles. The third kappa shape index (κ3) is 5.84. The fraction of sp³-hybridized carbons (Fsp3) is 1.00. The fourth-order valence-corrected chi connectivity index (χ4v) is 0.448. The zero-order valence-corrected chi connectivity index (χ0v) is 5.36. The van der Waals surface area contributed by atoms with Crippen LogP contribution >= 0.6 is 0 Å². The number of aliphatic hydroxyl groups is 1. The molecule has 0 aromatic rings. The number of nitrogens with two attached hydrogens (primary N) is 1. The van der Waals surface area contributed by atoms with Crippen LogP contribution in [0.5, 0.6) is 0 Å². The molecule has 0 radical (unpaired) electrons. The third-order valence-electron chi connectivity index (χ3n) is 1.03. The Kier molecular flexibility index (Phi) is 3.67. The van der Waals surface area contributed by atoms with Gasteiger partial charge in [-0.1, -0.05) is 0 Å². The zero-order chi connectivity index (χ0) is 8.20. The number of rotatable bonds is 3. The van der Waals surface area contributed by atoms with E-state index in [4.69, 9.17) is 10.8 Å². The molecule has 0 aromatic carbocycles. The molecular formula is C5H10F3NO. The maximum absolute atomic E-state index is 11.4. The van der Waals surface area contributed by atoms with Gasteiger partial charge in [0.15, 0.2) is 0 Å². The Bertz CT molecular complexity index is 93.4. The Labute approximate surface area is 56.8 Å². The van der Waals surface area contributed by atoms with Crippen molar-refractivity contribution in [1.29, 1.82) is 0 Å². The van der Waals surface area contributed by atoms with Crippen LogP contribution in [0.15, 0.2) is 0 Å². The predicted octanol–water partition coefficient (Wildman–Crippen LogP) is 0.649. The highest BCUT2D eigenvalue weighted by molar-refractivity contribution is 4.59. The van der Waals surface area contributed by atoms with Gasteiger partial charge in [0.1, 0.15) is 0 Å². The lowest BCUT2D eigenvalue weighted by Crippen LogP contribution is -2.22. The first-order valence-electron chi connectivity index (χ1n) is 2.90. The van der Waals surface area contributed by atoms with E-state index in [1.165, 1.54) is 0 Å². The van der Waals surface area contributed by atoms with Crippen LogP contribution in [0, 0.1) is 0 Å². The van der Waals surface area contributed by atoms with E-state index in [-0.39, 0.29) is 13.0 Å². The van der Waals surface area contributed by atoms with Crippen molar-refractivity contribution in [1.82, 2.24) is 0 Å². The number of alkyl halides is 3. The molecule has 0 amide bonds. The first kappa shape index (κ1) is 9.71. The second-order valence-corrected chi connectivity index (χ2v) is 2.04. The molecule has 5 heteroatoms. The molecule has 0 saturated heterocycles. The number of aliphatic hydroxyl groups excluding tert-OH is 1. The molecule has 0 aromatic heterocycles. The minimum atomic E-state index is -4.18. The quantitative estimate of drug-likeness (QED) is 0.631. The summed E-state index contributed by atoms with van der Waals surface area (Å²) in [5.41, 5.74) is 4.88. The lowest BCUT2D eigenvalue weighted by Gasteiger charge is -2.08. The third-order valence-corrected chi connectivity index (χ3v) is 1.03. The van der Waals surface area contributed by atoms with Crippen LogP contribution in [0.2, 0.25) is 0 Å². The van der Waals surface area contributed by atoms with Crippen LogP contribution in [0.1, 0.15) is 12.8 Å². The molecule has 0 bridgehead atoms. The number of hydrogen-bond donors (Lipinski definition) is 2. The molecule has 0 spiro atoms. The van der Waals surface area contributed by atoms with Crippen LogP contribution in [0.3, 0.4) is 0 Å². The lowest BCUT2D eigenvalue weighted by molar-refractivity contribution is -0.139. The Balaban J connectivity index is 3.36. The van der Waals surface area contributed by atoms with Crippen molar-refractivity contribution in [3.8, 4) is 0 Å². The van der Waals surface area contributed by atoms with Crippen molar-refractivity contribution < 1.29 is 18.3 Å². The Morgan fingerprint density at radius 3 is 2.20 bits per heavy atom. The van der Waals surface area contributed by atoms with Gasteiger partial charge in [-0.15, -0.1) is 0 Å². The van der Waals surface area contributed by atoms with Crippen molar-refractivity contribution in [2.45, 2.75) is 25.1 Å². The summed E-state index contributed by atoms with van der Waals surface area (Å²) in [6.45, 7) is -0.115. The van der Waals surface area contributed by atoms with Gasteiger partial charge in [-0.25, -0.2) is 0 Å². The summed E-state index contributed by atoms with van der Waals surface area (Å²) in [7, 11) is 0. The van der Waals surface area contributed by atoms with Gasteiger partial charge in [0.2, 0.25) is 0 Å². The van der Waals surface area contributed by atoms with E-state index >= 15 is 0 Å². The highest BCUT2D eigenvalue weighted by atomic mass is 19.4. The average Bonchev–Trinajstić information content (AvgIpc) is 1.81. The lowest BCUT2D eigenvalue weighted by atomic mass is 10.2. The molecule has 2 nitrogen and oxygen atoms in total. The smallest absolute Gasteiger partial charge is 0.389 e. The summed E-state index contributed by atoms with van der Waals surface area (Å²) < 4.78 is 34.2. The molecule has 0 fully saturated rings. The van der Waals surface area contributed by atoms with Gasteiger partial charge in [-0.2, -0.15) is 13.2 Å². The fourth-order valence-electron chi connectivity index (χ4n) is 0.448. The standard InChI is InChI=1S/C5H10F3NO/c6-5(7,8)2-1-4(10)3-9/h4,10H,1-3,9H2/t4-/m1/s1. The van der Waals surface area contributed by atoms with E-state index in [0.29, 0.717) is 0 Å². The molecule has 0 aliphatic rings. The van der Waals surface area contributed by atoms with Crippen LogP contribution in [0.4, 0.5) is 13.2 Å². The van der Waals surface area contributed by atoms with Gasteiger partial charge in [-0.3, -0.25) is 0 Å². The van der Waals surface area contributed by atoms with E-state index in [9.17, 15) is 13.2 Å². The molecule has 0 rings (SSSR count). The first-order chi connectivity index (χ1) is 4.45. The highest BCUT2D eigenvalue weighted by Gasteiger charge is 2.27. The molecule has 1 atom stereocenters. The molecule has 62 valence electrons. The summed E-state index contributed by atoms with van der Waals surface area (Å²) in [6.07, 6.45) is -6.48. The molecule has 0 aliphatic carbocycles. The Hall–Kier alpha value is -0.290. The van der Waals surface area contributed by atoms with Crippen LogP contribution < -0.4 is 5.73 Å². The van der Waals surface area contributed by atoms with E-state index in [1.54, 1.807) is 0 Å². The predicted molar refractivity (Wildman–Crippen MR) is 30.4 cm³/mol. The maximum Gasteiger partial charge on any atom is 0.389 e. The Morgan fingerprint density at radius 1 is 1.40 bits per heavy atom. The monoisotopic (exact) mass is 157 g/mol. The molecule has 0 aliphatic heterocycles. The largest absolute Gasteiger partial charge is 0.392 e. The molecule has 3 N–H and O–H groups in total. The van der Waals surface area contributed by atoms with Gasteiger partial charge in [0, 0.05) is 13.0 Å². The summed E-state index contributed by atoms with van der Waals surface area (Å²) in [6, 6.07) is 0. The summed E-state index contributed by atoms with van der Waals surface area (Å²) in [4.78, 5) is 0. The second-order valence-electron chi connectivity index (χ2n) is 2.04. The van der Waals surface area contributed by atoms with Gasteiger partial charge >= 0.3 is 6.18 Å². The van der Waals surface area contributed by atoms with Crippen molar-refractivity contribution >= 4 is 0 Å². The highest BCUT2D eigenvalue weighted by Crippen LogP contribution is 2.21. The Morgan fingerprint density at radius 2 is 1.90 bits per heavy atom. The molecule has 0 saturated carbocycles. The van der Waals surface area contributed by atoms with Gasteiger partial charge in [0.25, 0.3) is 0 Å². The second kappa shape index (κ2) is 3.78. The van der Waals surface area contributed by atoms with Gasteiger partial charge < -0.3 is 10.8 Å². The normalized spacial score (nSPS) is 15.3. The molecule has 0 unspecified atom stereocenters. The van der Waals surface area contributed by atoms with E-state index < -0.39 is 18.7 Å². The van der Waals surface area contributed by atoms with Gasteiger partial charge in [-0.05, 0) is 6.42 Å². The summed E-state index contributed by atoms with van der Waals surface area (Å²) in [5.74, 6) is 0. The van der Waals surface area contributed by atoms with Crippen molar-refractivity contribution in [2.75, 3.05) is 6.54 Å². The van der Waals surface area contributed by atoms with Crippen molar-refractivity contribution in [3.05, 3.63) is 0 Å². The van der Waals surface area contributed by atoms with E-state index in [2.05, 4.69) is 0 Å². The van der Waals surface area contributed by atoms with Crippen molar-refractivity contribution in [3.63, 3.8) is 0 Å². The van der Waals surface area contributed by atoms with Gasteiger partial charge in [0.05, 0.1) is 6.10 Å². The minimum absolute atomic E-state index is 0.115. The van der Waals surface area contributed by atoms with E-state index in [0.717, 1.165) is 0 Å². The molecular weight excluding hydrogens is 147 g/mol. The zero-order valence-electron chi connectivity index (χ0n) is 5.36. The minimum Gasteiger partial charge on any atom is -0.392 e.